The number of rotatable bonds is 3. The van der Waals surface area contributed by atoms with Gasteiger partial charge in [-0.15, -0.1) is 0 Å². The first-order valence-corrected chi connectivity index (χ1v) is 6.16. The fourth-order valence-electron chi connectivity index (χ4n) is 1.89. The van der Waals surface area contributed by atoms with Crippen molar-refractivity contribution in [1.82, 2.24) is 19.5 Å². The number of imidazole rings is 1. The van der Waals surface area contributed by atoms with Gasteiger partial charge in [-0.2, -0.15) is 0 Å². The molecule has 0 aromatic carbocycles. The first-order valence-electron chi connectivity index (χ1n) is 6.16. The summed E-state index contributed by atoms with van der Waals surface area (Å²) < 4.78 is 2.18. The number of nitrogen functional groups attached to an aromatic ring is 1. The molecule has 2 heterocycles. The SMILES string of the molecule is CC(C)c1nc(-c2ccnc(N)n2)cn1C(C)C. The van der Waals surface area contributed by atoms with Crippen molar-refractivity contribution in [3.05, 3.63) is 24.3 Å². The van der Waals surface area contributed by atoms with Crippen LogP contribution in [0.5, 0.6) is 0 Å². The standard InChI is InChI=1S/C13H19N5/c1-8(2)12-16-11(7-18(12)9(3)4)10-5-6-15-13(14)17-10/h5-9H,1-4H3,(H2,14,15,17). The quantitative estimate of drug-likeness (QED) is 0.902. The van der Waals surface area contributed by atoms with Crippen molar-refractivity contribution in [3.8, 4) is 11.4 Å². The van der Waals surface area contributed by atoms with Crippen LogP contribution in [-0.2, 0) is 0 Å². The molecule has 2 aromatic rings. The van der Waals surface area contributed by atoms with Crippen LogP contribution in [-0.4, -0.2) is 19.5 Å². The second-order valence-corrected chi connectivity index (χ2v) is 4.94. The lowest BCUT2D eigenvalue weighted by Crippen LogP contribution is -2.06. The van der Waals surface area contributed by atoms with Gasteiger partial charge in [0.2, 0.25) is 5.95 Å². The predicted molar refractivity (Wildman–Crippen MR) is 72.1 cm³/mol. The van der Waals surface area contributed by atoms with Crippen molar-refractivity contribution in [1.29, 1.82) is 0 Å². The summed E-state index contributed by atoms with van der Waals surface area (Å²) >= 11 is 0. The van der Waals surface area contributed by atoms with Crippen LogP contribution in [0, 0.1) is 0 Å². The van der Waals surface area contributed by atoms with Gasteiger partial charge in [0.05, 0.1) is 5.69 Å². The van der Waals surface area contributed by atoms with Crippen molar-refractivity contribution in [2.45, 2.75) is 39.7 Å². The van der Waals surface area contributed by atoms with Crippen molar-refractivity contribution >= 4 is 5.95 Å². The summed E-state index contributed by atoms with van der Waals surface area (Å²) in [6.45, 7) is 8.57. The summed E-state index contributed by atoms with van der Waals surface area (Å²) in [5, 5.41) is 0. The number of anilines is 1. The Balaban J connectivity index is 2.50. The molecule has 0 aliphatic rings. The Kier molecular flexibility index (Phi) is 3.32. The van der Waals surface area contributed by atoms with E-state index in [1.54, 1.807) is 6.20 Å². The number of hydrogen-bond acceptors (Lipinski definition) is 4. The van der Waals surface area contributed by atoms with E-state index in [0.29, 0.717) is 12.0 Å². The highest BCUT2D eigenvalue weighted by molar-refractivity contribution is 5.54. The zero-order valence-corrected chi connectivity index (χ0v) is 11.3. The lowest BCUT2D eigenvalue weighted by Gasteiger charge is -2.12. The molecule has 2 aromatic heterocycles. The molecule has 0 aliphatic carbocycles. The molecule has 5 nitrogen and oxygen atoms in total. The summed E-state index contributed by atoms with van der Waals surface area (Å²) in [5.74, 6) is 1.72. The van der Waals surface area contributed by atoms with Crippen LogP contribution in [0.1, 0.15) is 45.5 Å². The van der Waals surface area contributed by atoms with Gasteiger partial charge in [0.1, 0.15) is 11.5 Å². The van der Waals surface area contributed by atoms with E-state index in [9.17, 15) is 0 Å². The second kappa shape index (κ2) is 4.76. The molecule has 0 fully saturated rings. The zero-order valence-electron chi connectivity index (χ0n) is 11.3. The average Bonchev–Trinajstić information content (AvgIpc) is 2.73. The van der Waals surface area contributed by atoms with E-state index < -0.39 is 0 Å². The van der Waals surface area contributed by atoms with Gasteiger partial charge in [-0.05, 0) is 19.9 Å². The molecule has 0 unspecified atom stereocenters. The largest absolute Gasteiger partial charge is 0.368 e. The minimum atomic E-state index is 0.276. The van der Waals surface area contributed by atoms with Crippen LogP contribution in [0.2, 0.25) is 0 Å². The molecule has 0 bridgehead atoms. The van der Waals surface area contributed by atoms with E-state index in [2.05, 4.69) is 47.2 Å². The monoisotopic (exact) mass is 245 g/mol. The van der Waals surface area contributed by atoms with E-state index in [-0.39, 0.29) is 5.95 Å². The maximum absolute atomic E-state index is 5.60. The minimum absolute atomic E-state index is 0.276. The Morgan fingerprint density at radius 1 is 1.11 bits per heavy atom. The Morgan fingerprint density at radius 2 is 1.83 bits per heavy atom. The molecule has 0 aliphatic heterocycles. The molecule has 18 heavy (non-hydrogen) atoms. The van der Waals surface area contributed by atoms with Gasteiger partial charge in [-0.3, -0.25) is 0 Å². The van der Waals surface area contributed by atoms with Crippen molar-refractivity contribution in [3.63, 3.8) is 0 Å². The van der Waals surface area contributed by atoms with E-state index in [1.165, 1.54) is 0 Å². The molecule has 0 atom stereocenters. The molecule has 2 rings (SSSR count). The van der Waals surface area contributed by atoms with Gasteiger partial charge >= 0.3 is 0 Å². The summed E-state index contributed by atoms with van der Waals surface area (Å²) in [6, 6.07) is 2.20. The van der Waals surface area contributed by atoms with Crippen molar-refractivity contribution < 1.29 is 0 Å². The number of hydrogen-bond donors (Lipinski definition) is 1. The van der Waals surface area contributed by atoms with Gasteiger partial charge in [0.25, 0.3) is 0 Å². The fraction of sp³-hybridized carbons (Fsp3) is 0.462. The lowest BCUT2D eigenvalue weighted by atomic mass is 10.2. The first kappa shape index (κ1) is 12.5. The van der Waals surface area contributed by atoms with E-state index in [0.717, 1.165) is 17.2 Å². The third kappa shape index (κ3) is 2.34. The minimum Gasteiger partial charge on any atom is -0.368 e. The molecule has 5 heteroatoms. The van der Waals surface area contributed by atoms with Crippen LogP contribution in [0.4, 0.5) is 5.95 Å². The summed E-state index contributed by atoms with van der Waals surface area (Å²) in [6.07, 6.45) is 3.68. The maximum Gasteiger partial charge on any atom is 0.220 e. The maximum atomic E-state index is 5.60. The zero-order chi connectivity index (χ0) is 13.3. The van der Waals surface area contributed by atoms with E-state index in [1.807, 2.05) is 12.3 Å². The van der Waals surface area contributed by atoms with Crippen molar-refractivity contribution in [2.24, 2.45) is 0 Å². The average molecular weight is 245 g/mol. The number of nitrogens with two attached hydrogens (primary N) is 1. The number of nitrogens with zero attached hydrogens (tertiary/aromatic N) is 4. The lowest BCUT2D eigenvalue weighted by molar-refractivity contribution is 0.550. The third-order valence-corrected chi connectivity index (χ3v) is 2.77. The first-order chi connectivity index (χ1) is 8.49. The molecule has 0 spiro atoms. The molecule has 0 radical (unpaired) electrons. The Hall–Kier alpha value is -1.91. The Labute approximate surface area is 107 Å². The van der Waals surface area contributed by atoms with Crippen LogP contribution in [0.15, 0.2) is 18.5 Å². The molecular weight excluding hydrogens is 226 g/mol. The van der Waals surface area contributed by atoms with E-state index >= 15 is 0 Å². The second-order valence-electron chi connectivity index (χ2n) is 4.94. The third-order valence-electron chi connectivity index (χ3n) is 2.77. The molecule has 96 valence electrons. The van der Waals surface area contributed by atoms with Crippen LogP contribution in [0.25, 0.3) is 11.4 Å². The Morgan fingerprint density at radius 3 is 2.33 bits per heavy atom. The highest BCUT2D eigenvalue weighted by Crippen LogP contribution is 2.24. The van der Waals surface area contributed by atoms with Crippen LogP contribution >= 0.6 is 0 Å². The van der Waals surface area contributed by atoms with E-state index in [4.69, 9.17) is 5.73 Å². The van der Waals surface area contributed by atoms with Crippen LogP contribution in [0.3, 0.4) is 0 Å². The molecule has 2 N–H and O–H groups in total. The molecule has 0 saturated heterocycles. The van der Waals surface area contributed by atoms with Gasteiger partial charge in [-0.25, -0.2) is 15.0 Å². The van der Waals surface area contributed by atoms with Gasteiger partial charge < -0.3 is 10.3 Å². The highest BCUT2D eigenvalue weighted by Gasteiger charge is 2.15. The van der Waals surface area contributed by atoms with Gasteiger partial charge in [0.15, 0.2) is 0 Å². The van der Waals surface area contributed by atoms with Crippen molar-refractivity contribution in [2.75, 3.05) is 5.73 Å². The molecule has 0 amide bonds. The summed E-state index contributed by atoms with van der Waals surface area (Å²) in [4.78, 5) is 12.8. The highest BCUT2D eigenvalue weighted by atomic mass is 15.1. The predicted octanol–water partition coefficient (Wildman–Crippen LogP) is 2.63. The smallest absolute Gasteiger partial charge is 0.220 e. The van der Waals surface area contributed by atoms with Gasteiger partial charge in [-0.1, -0.05) is 13.8 Å². The Bertz CT molecular complexity index is 517. The number of aromatic nitrogens is 4. The van der Waals surface area contributed by atoms with Gasteiger partial charge in [0, 0.05) is 24.4 Å². The topological polar surface area (TPSA) is 69.6 Å². The molecular formula is C13H19N5. The normalized spacial score (nSPS) is 11.4. The molecule has 0 saturated carbocycles. The summed E-state index contributed by atoms with van der Waals surface area (Å²) in [7, 11) is 0. The van der Waals surface area contributed by atoms with Crippen LogP contribution < -0.4 is 5.73 Å². The summed E-state index contributed by atoms with van der Waals surface area (Å²) in [5.41, 5.74) is 7.22. The fourth-order valence-corrected chi connectivity index (χ4v) is 1.89.